The molecule has 2 rings (SSSR count). The maximum absolute atomic E-state index is 12.0. The Hall–Kier alpha value is -1.59. The Balaban J connectivity index is 2.13. The van der Waals surface area contributed by atoms with E-state index in [0.29, 0.717) is 5.76 Å². The maximum Gasteiger partial charge on any atom is 0.291 e. The molecule has 0 saturated heterocycles. The number of furan rings is 1. The van der Waals surface area contributed by atoms with Crippen LogP contribution in [0, 0.1) is 6.92 Å². The van der Waals surface area contributed by atoms with Crippen LogP contribution >= 0.6 is 15.9 Å². The highest BCUT2D eigenvalue weighted by molar-refractivity contribution is 9.10. The van der Waals surface area contributed by atoms with Crippen LogP contribution < -0.4 is 11.1 Å². The number of rotatable bonds is 3. The zero-order valence-electron chi connectivity index (χ0n) is 10.7. The molecule has 0 aliphatic rings. The van der Waals surface area contributed by atoms with Crippen LogP contribution in [0.5, 0.6) is 0 Å². The van der Waals surface area contributed by atoms with Crippen molar-refractivity contribution in [2.75, 3.05) is 5.32 Å². The number of nitrogens with two attached hydrogens (primary N) is 1. The summed E-state index contributed by atoms with van der Waals surface area (Å²) in [5, 5.41) is 2.78. The topological polar surface area (TPSA) is 68.3 Å². The lowest BCUT2D eigenvalue weighted by Gasteiger charge is -2.05. The Morgan fingerprint density at radius 2 is 2.11 bits per heavy atom. The molecule has 0 bridgehead atoms. The second-order valence-corrected chi connectivity index (χ2v) is 5.26. The van der Waals surface area contributed by atoms with Crippen molar-refractivity contribution in [3.63, 3.8) is 0 Å². The van der Waals surface area contributed by atoms with Crippen LogP contribution in [0.15, 0.2) is 39.2 Å². The number of halogens is 1. The Morgan fingerprint density at radius 3 is 2.68 bits per heavy atom. The van der Waals surface area contributed by atoms with E-state index < -0.39 is 0 Å². The number of hydrogen-bond donors (Lipinski definition) is 2. The molecule has 0 radical (unpaired) electrons. The zero-order chi connectivity index (χ0) is 14.0. The fraction of sp³-hybridized carbons (Fsp3) is 0.214. The number of carbonyl (C=O) groups is 1. The molecule has 0 saturated carbocycles. The number of nitrogens with one attached hydrogen (secondary N) is 1. The molecular weight excluding hydrogens is 308 g/mol. The predicted molar refractivity (Wildman–Crippen MR) is 78.1 cm³/mol. The Labute approximate surface area is 120 Å². The summed E-state index contributed by atoms with van der Waals surface area (Å²) in [6.45, 7) is 3.76. The predicted octanol–water partition coefficient (Wildman–Crippen LogP) is 3.62. The van der Waals surface area contributed by atoms with Gasteiger partial charge in [-0.25, -0.2) is 0 Å². The first kappa shape index (κ1) is 13.8. The second kappa shape index (κ2) is 5.59. The van der Waals surface area contributed by atoms with Gasteiger partial charge in [0.1, 0.15) is 5.76 Å². The number of aryl methyl sites for hydroxylation is 1. The van der Waals surface area contributed by atoms with E-state index in [1.165, 1.54) is 0 Å². The van der Waals surface area contributed by atoms with Crippen molar-refractivity contribution in [3.05, 3.63) is 51.9 Å². The van der Waals surface area contributed by atoms with Crippen molar-refractivity contribution >= 4 is 27.5 Å². The van der Waals surface area contributed by atoms with Crippen LogP contribution in [0.4, 0.5) is 5.69 Å². The first-order chi connectivity index (χ1) is 8.97. The number of carbonyl (C=O) groups excluding carboxylic acids is 1. The van der Waals surface area contributed by atoms with Crippen LogP contribution in [0.2, 0.25) is 0 Å². The summed E-state index contributed by atoms with van der Waals surface area (Å²) in [4.78, 5) is 12.0. The van der Waals surface area contributed by atoms with Crippen molar-refractivity contribution in [2.45, 2.75) is 19.9 Å². The maximum atomic E-state index is 12.0. The molecule has 5 heteroatoms. The molecule has 2 aromatic rings. The minimum absolute atomic E-state index is 0.225. The van der Waals surface area contributed by atoms with Gasteiger partial charge in [-0.1, -0.05) is 15.9 Å². The van der Waals surface area contributed by atoms with Crippen LogP contribution in [-0.4, -0.2) is 5.91 Å². The first-order valence-electron chi connectivity index (χ1n) is 5.90. The Kier molecular flexibility index (Phi) is 4.07. The van der Waals surface area contributed by atoms with Gasteiger partial charge in [0.05, 0.1) is 6.04 Å². The Morgan fingerprint density at radius 1 is 1.37 bits per heavy atom. The fourth-order valence-electron chi connectivity index (χ4n) is 1.63. The number of benzene rings is 1. The highest BCUT2D eigenvalue weighted by atomic mass is 79.9. The molecule has 19 heavy (non-hydrogen) atoms. The molecule has 1 heterocycles. The van der Waals surface area contributed by atoms with Gasteiger partial charge in [-0.3, -0.25) is 4.79 Å². The Bertz CT molecular complexity index is 605. The van der Waals surface area contributed by atoms with E-state index in [1.54, 1.807) is 19.1 Å². The number of amides is 1. The van der Waals surface area contributed by atoms with E-state index >= 15 is 0 Å². The third kappa shape index (κ3) is 3.24. The molecule has 1 amide bonds. The molecule has 1 unspecified atom stereocenters. The number of hydrogen-bond acceptors (Lipinski definition) is 3. The van der Waals surface area contributed by atoms with Gasteiger partial charge in [0.25, 0.3) is 5.91 Å². The minimum atomic E-state index is -0.284. The van der Waals surface area contributed by atoms with Gasteiger partial charge in [-0.05, 0) is 49.7 Å². The van der Waals surface area contributed by atoms with Crippen molar-refractivity contribution in [1.29, 1.82) is 0 Å². The fourth-order valence-corrected chi connectivity index (χ4v) is 1.88. The molecule has 0 aliphatic carbocycles. The van der Waals surface area contributed by atoms with Gasteiger partial charge in [0.15, 0.2) is 5.76 Å². The highest BCUT2D eigenvalue weighted by Crippen LogP contribution is 2.21. The van der Waals surface area contributed by atoms with E-state index in [-0.39, 0.29) is 17.7 Å². The lowest BCUT2D eigenvalue weighted by molar-refractivity contribution is 0.0994. The molecule has 3 N–H and O–H groups in total. The van der Waals surface area contributed by atoms with E-state index in [2.05, 4.69) is 21.2 Å². The van der Waals surface area contributed by atoms with E-state index in [0.717, 1.165) is 15.7 Å². The highest BCUT2D eigenvalue weighted by Gasteiger charge is 2.13. The van der Waals surface area contributed by atoms with Gasteiger partial charge >= 0.3 is 0 Å². The largest absolute Gasteiger partial charge is 0.454 e. The van der Waals surface area contributed by atoms with Crippen LogP contribution in [0.25, 0.3) is 0 Å². The summed E-state index contributed by atoms with van der Waals surface area (Å²) in [5.74, 6) is 0.568. The summed E-state index contributed by atoms with van der Waals surface area (Å²) >= 11 is 3.41. The van der Waals surface area contributed by atoms with Gasteiger partial charge in [0.2, 0.25) is 0 Å². The summed E-state index contributed by atoms with van der Waals surface area (Å²) in [6, 6.07) is 8.71. The standard InChI is InChI=1S/C14H15BrN2O2/c1-8-7-10(3-4-11(8)15)17-14(18)13-6-5-12(19-13)9(2)16/h3-7,9H,16H2,1-2H3,(H,17,18). The van der Waals surface area contributed by atoms with Crippen molar-refractivity contribution in [1.82, 2.24) is 0 Å². The summed E-state index contributed by atoms with van der Waals surface area (Å²) in [7, 11) is 0. The normalized spacial score (nSPS) is 12.2. The van der Waals surface area contributed by atoms with Gasteiger partial charge in [-0.15, -0.1) is 0 Å². The third-order valence-electron chi connectivity index (χ3n) is 2.72. The molecule has 100 valence electrons. The van der Waals surface area contributed by atoms with Gasteiger partial charge < -0.3 is 15.5 Å². The van der Waals surface area contributed by atoms with E-state index in [4.69, 9.17) is 10.2 Å². The van der Waals surface area contributed by atoms with Gasteiger partial charge in [0, 0.05) is 10.2 Å². The van der Waals surface area contributed by atoms with Crippen molar-refractivity contribution in [3.8, 4) is 0 Å². The van der Waals surface area contributed by atoms with Crippen LogP contribution in [0.3, 0.4) is 0 Å². The molecule has 1 atom stereocenters. The van der Waals surface area contributed by atoms with Crippen LogP contribution in [0.1, 0.15) is 34.8 Å². The van der Waals surface area contributed by atoms with Crippen LogP contribution in [-0.2, 0) is 0 Å². The molecule has 1 aromatic carbocycles. The molecule has 0 spiro atoms. The average molecular weight is 323 g/mol. The third-order valence-corrected chi connectivity index (χ3v) is 3.60. The molecular formula is C14H15BrN2O2. The lowest BCUT2D eigenvalue weighted by Crippen LogP contribution is -2.11. The minimum Gasteiger partial charge on any atom is -0.454 e. The zero-order valence-corrected chi connectivity index (χ0v) is 12.3. The smallest absolute Gasteiger partial charge is 0.291 e. The van der Waals surface area contributed by atoms with E-state index in [1.807, 2.05) is 25.1 Å². The lowest BCUT2D eigenvalue weighted by atomic mass is 10.2. The van der Waals surface area contributed by atoms with Crippen molar-refractivity contribution in [2.24, 2.45) is 5.73 Å². The quantitative estimate of drug-likeness (QED) is 0.906. The first-order valence-corrected chi connectivity index (χ1v) is 6.69. The monoisotopic (exact) mass is 322 g/mol. The number of anilines is 1. The summed E-state index contributed by atoms with van der Waals surface area (Å²) in [6.07, 6.45) is 0. The average Bonchev–Trinajstić information content (AvgIpc) is 2.83. The molecule has 4 nitrogen and oxygen atoms in total. The summed E-state index contributed by atoms with van der Waals surface area (Å²) in [5.41, 5.74) is 7.46. The van der Waals surface area contributed by atoms with Gasteiger partial charge in [-0.2, -0.15) is 0 Å². The van der Waals surface area contributed by atoms with E-state index in [9.17, 15) is 4.79 Å². The SMILES string of the molecule is Cc1cc(NC(=O)c2ccc(C(C)N)o2)ccc1Br. The second-order valence-electron chi connectivity index (χ2n) is 4.41. The summed E-state index contributed by atoms with van der Waals surface area (Å²) < 4.78 is 6.39. The molecule has 0 aliphatic heterocycles. The molecule has 1 aromatic heterocycles. The molecule has 0 fully saturated rings. The van der Waals surface area contributed by atoms with Crippen molar-refractivity contribution < 1.29 is 9.21 Å².